The molecule has 0 spiro atoms. The molecular weight excluding hydrogens is 490 g/mol. The monoisotopic (exact) mass is 515 g/mol. The number of amides is 1. The van der Waals surface area contributed by atoms with Crippen molar-refractivity contribution in [1.82, 2.24) is 4.90 Å². The molecule has 0 N–H and O–H groups in total. The zero-order valence-electron chi connectivity index (χ0n) is 19.0. The van der Waals surface area contributed by atoms with Crippen LogP contribution in [0.1, 0.15) is 41.6 Å². The van der Waals surface area contributed by atoms with Gasteiger partial charge in [-0.3, -0.25) is 9.59 Å². The first kappa shape index (κ1) is 23.3. The first-order valence-corrected chi connectivity index (χ1v) is 11.5. The lowest BCUT2D eigenvalue weighted by molar-refractivity contribution is 0.0663. The highest BCUT2D eigenvalue weighted by Gasteiger charge is 2.42. The Morgan fingerprint density at radius 2 is 1.88 bits per heavy atom. The molecule has 3 aromatic rings. The summed E-state index contributed by atoms with van der Waals surface area (Å²) in [5.74, 6) is 1.23. The number of nitrogens with zero attached hydrogens (tertiary/aromatic N) is 1. The van der Waals surface area contributed by atoms with Crippen molar-refractivity contribution in [2.24, 2.45) is 5.92 Å². The Hall–Kier alpha value is -2.84. The molecule has 1 atom stereocenters. The zero-order valence-corrected chi connectivity index (χ0v) is 20.6. The van der Waals surface area contributed by atoms with Gasteiger partial charge in [-0.25, -0.2) is 0 Å². The Labute approximate surface area is 200 Å². The first-order chi connectivity index (χ1) is 15.8. The molecular formula is C25H26BrNO6. The van der Waals surface area contributed by atoms with Gasteiger partial charge in [0.25, 0.3) is 5.91 Å². The summed E-state index contributed by atoms with van der Waals surface area (Å²) >= 11 is 3.41. The summed E-state index contributed by atoms with van der Waals surface area (Å²) in [5.41, 5.74) is 1.19. The summed E-state index contributed by atoms with van der Waals surface area (Å²) in [4.78, 5) is 28.5. The number of rotatable bonds is 8. The molecule has 8 heteroatoms. The van der Waals surface area contributed by atoms with Crippen molar-refractivity contribution < 1.29 is 23.4 Å². The highest BCUT2D eigenvalue weighted by Crippen LogP contribution is 2.41. The summed E-state index contributed by atoms with van der Waals surface area (Å²) in [5, 5.41) is 0.415. The van der Waals surface area contributed by atoms with Crippen molar-refractivity contribution in [3.05, 3.63) is 68.0 Å². The van der Waals surface area contributed by atoms with Crippen LogP contribution >= 0.6 is 15.9 Å². The van der Waals surface area contributed by atoms with E-state index in [2.05, 4.69) is 29.8 Å². The number of halogens is 1. The predicted molar refractivity (Wildman–Crippen MR) is 128 cm³/mol. The van der Waals surface area contributed by atoms with Gasteiger partial charge in [-0.05, 0) is 41.8 Å². The molecule has 0 fully saturated rings. The van der Waals surface area contributed by atoms with Crippen LogP contribution in [0, 0.1) is 5.92 Å². The topological polar surface area (TPSA) is 78.2 Å². The fourth-order valence-corrected chi connectivity index (χ4v) is 4.35. The molecule has 1 aliphatic heterocycles. The minimum absolute atomic E-state index is 0.0648. The van der Waals surface area contributed by atoms with Crippen LogP contribution in [-0.2, 0) is 4.74 Å². The Morgan fingerprint density at radius 1 is 1.09 bits per heavy atom. The zero-order chi connectivity index (χ0) is 23.7. The molecule has 1 aliphatic rings. The van der Waals surface area contributed by atoms with Gasteiger partial charge in [0.15, 0.2) is 16.9 Å². The number of methoxy groups -OCH3 is 2. The molecule has 7 nitrogen and oxygen atoms in total. The van der Waals surface area contributed by atoms with Gasteiger partial charge < -0.3 is 23.5 Å². The number of ether oxygens (including phenoxy) is 3. The van der Waals surface area contributed by atoms with Crippen LogP contribution in [0.15, 0.2) is 50.1 Å². The third-order valence-corrected chi connectivity index (χ3v) is 6.03. The van der Waals surface area contributed by atoms with E-state index >= 15 is 0 Å². The maximum Gasteiger partial charge on any atom is 0.290 e. The lowest BCUT2D eigenvalue weighted by Crippen LogP contribution is -2.32. The smallest absolute Gasteiger partial charge is 0.290 e. The van der Waals surface area contributed by atoms with Gasteiger partial charge in [-0.1, -0.05) is 35.8 Å². The number of fused-ring (bicyclic) bond motifs is 2. The summed E-state index contributed by atoms with van der Waals surface area (Å²) in [6, 6.07) is 10.0. The highest BCUT2D eigenvalue weighted by atomic mass is 79.9. The third kappa shape index (κ3) is 4.37. The average molecular weight is 516 g/mol. The molecule has 33 heavy (non-hydrogen) atoms. The highest BCUT2D eigenvalue weighted by molar-refractivity contribution is 9.10. The number of hydrogen-bond acceptors (Lipinski definition) is 6. The second-order valence-corrected chi connectivity index (χ2v) is 9.24. The van der Waals surface area contributed by atoms with Crippen molar-refractivity contribution in [2.75, 3.05) is 34.0 Å². The van der Waals surface area contributed by atoms with Crippen molar-refractivity contribution >= 4 is 32.8 Å². The van der Waals surface area contributed by atoms with E-state index < -0.39 is 6.04 Å². The van der Waals surface area contributed by atoms with Crippen LogP contribution in [0.25, 0.3) is 11.0 Å². The molecule has 1 aromatic heterocycles. The SMILES string of the molecule is COCCN1C(=O)c2oc3ccc(Br)cc3c(=O)c2C1c1ccc(OCC(C)C)c(OC)c1. The van der Waals surface area contributed by atoms with Gasteiger partial charge in [0.1, 0.15) is 5.58 Å². The van der Waals surface area contributed by atoms with E-state index in [0.717, 1.165) is 10.0 Å². The quantitative estimate of drug-likeness (QED) is 0.429. The summed E-state index contributed by atoms with van der Waals surface area (Å²) in [6.45, 7) is 5.31. The maximum atomic E-state index is 13.6. The fraction of sp³-hybridized carbons (Fsp3) is 0.360. The molecule has 0 saturated carbocycles. The Balaban J connectivity index is 1.87. The molecule has 0 bridgehead atoms. The van der Waals surface area contributed by atoms with Crippen molar-refractivity contribution in [3.8, 4) is 11.5 Å². The van der Waals surface area contributed by atoms with E-state index in [1.54, 1.807) is 37.3 Å². The minimum Gasteiger partial charge on any atom is -0.493 e. The van der Waals surface area contributed by atoms with Gasteiger partial charge in [-0.2, -0.15) is 0 Å². The minimum atomic E-state index is -0.629. The van der Waals surface area contributed by atoms with Crippen LogP contribution in [0.3, 0.4) is 0 Å². The van der Waals surface area contributed by atoms with Crippen LogP contribution < -0.4 is 14.9 Å². The standard InChI is InChI=1S/C25H26BrNO6/c1-14(2)13-32-19-7-5-15(11-20(19)31-4)22-21-23(28)17-12-16(26)6-8-18(17)33-24(21)25(29)27(22)9-10-30-3/h5-8,11-12,14,22H,9-10,13H2,1-4H3. The predicted octanol–water partition coefficient (Wildman–Crippen LogP) is 4.79. The molecule has 2 aromatic carbocycles. The van der Waals surface area contributed by atoms with E-state index in [4.69, 9.17) is 18.6 Å². The van der Waals surface area contributed by atoms with E-state index in [0.29, 0.717) is 53.7 Å². The van der Waals surface area contributed by atoms with Crippen molar-refractivity contribution in [1.29, 1.82) is 0 Å². The molecule has 0 saturated heterocycles. The Kier molecular flexibility index (Phi) is 6.76. The summed E-state index contributed by atoms with van der Waals surface area (Å²) in [7, 11) is 3.14. The summed E-state index contributed by atoms with van der Waals surface area (Å²) in [6.07, 6.45) is 0. The number of hydrogen-bond donors (Lipinski definition) is 0. The Morgan fingerprint density at radius 3 is 2.58 bits per heavy atom. The second-order valence-electron chi connectivity index (χ2n) is 8.32. The lowest BCUT2D eigenvalue weighted by Gasteiger charge is -2.25. The van der Waals surface area contributed by atoms with E-state index in [-0.39, 0.29) is 17.1 Å². The fourth-order valence-electron chi connectivity index (χ4n) is 3.99. The molecule has 2 heterocycles. The van der Waals surface area contributed by atoms with Gasteiger partial charge in [0.05, 0.1) is 37.3 Å². The number of carbonyl (C=O) groups excluding carboxylic acids is 1. The van der Waals surface area contributed by atoms with Crippen LogP contribution in [0.2, 0.25) is 0 Å². The maximum absolute atomic E-state index is 13.6. The second kappa shape index (κ2) is 9.57. The Bertz CT molecular complexity index is 1250. The third-order valence-electron chi connectivity index (χ3n) is 5.54. The van der Waals surface area contributed by atoms with Crippen LogP contribution in [0.4, 0.5) is 0 Å². The summed E-state index contributed by atoms with van der Waals surface area (Å²) < 4.78 is 23.4. The van der Waals surface area contributed by atoms with E-state index in [1.807, 2.05) is 18.2 Å². The van der Waals surface area contributed by atoms with Crippen LogP contribution in [0.5, 0.6) is 11.5 Å². The van der Waals surface area contributed by atoms with Crippen molar-refractivity contribution in [2.45, 2.75) is 19.9 Å². The lowest BCUT2D eigenvalue weighted by atomic mass is 9.98. The van der Waals surface area contributed by atoms with Crippen LogP contribution in [-0.4, -0.2) is 44.8 Å². The van der Waals surface area contributed by atoms with Gasteiger partial charge in [-0.15, -0.1) is 0 Å². The first-order valence-electron chi connectivity index (χ1n) is 10.7. The van der Waals surface area contributed by atoms with Crippen molar-refractivity contribution in [3.63, 3.8) is 0 Å². The largest absolute Gasteiger partial charge is 0.493 e. The normalized spacial score (nSPS) is 15.4. The molecule has 0 aliphatic carbocycles. The van der Waals surface area contributed by atoms with Gasteiger partial charge >= 0.3 is 0 Å². The number of benzene rings is 2. The molecule has 4 rings (SSSR count). The molecule has 0 radical (unpaired) electrons. The van der Waals surface area contributed by atoms with E-state index in [1.165, 1.54) is 0 Å². The van der Waals surface area contributed by atoms with E-state index in [9.17, 15) is 9.59 Å². The molecule has 174 valence electrons. The van der Waals surface area contributed by atoms with Gasteiger partial charge in [0, 0.05) is 18.1 Å². The molecule has 1 amide bonds. The van der Waals surface area contributed by atoms with Gasteiger partial charge in [0.2, 0.25) is 5.76 Å². The average Bonchev–Trinajstić information content (AvgIpc) is 3.08. The number of carbonyl (C=O) groups is 1. The molecule has 1 unspecified atom stereocenters.